The van der Waals surface area contributed by atoms with Gasteiger partial charge < -0.3 is 16.2 Å². The summed E-state index contributed by atoms with van der Waals surface area (Å²) >= 11 is 1.19. The standard InChI is InChI=1S/C6H12N2O2S.C2HF3O2/c1-5(9)11-3-2-8-6(10)4-7;3-2(4,5)1(6)7/h2-4,7H2,1H3,(H,8,10);(H,6,7). The summed E-state index contributed by atoms with van der Waals surface area (Å²) in [6, 6.07) is 0. The van der Waals surface area contributed by atoms with Crippen molar-refractivity contribution >= 4 is 28.8 Å². The van der Waals surface area contributed by atoms with Gasteiger partial charge in [0.25, 0.3) is 0 Å². The summed E-state index contributed by atoms with van der Waals surface area (Å²) in [7, 11) is 0. The molecule has 0 saturated carbocycles. The van der Waals surface area contributed by atoms with Crippen molar-refractivity contribution in [2.45, 2.75) is 13.1 Å². The molecule has 0 aromatic carbocycles. The van der Waals surface area contributed by atoms with E-state index in [1.807, 2.05) is 0 Å². The lowest BCUT2D eigenvalue weighted by molar-refractivity contribution is -0.192. The number of halogens is 3. The Morgan fingerprint density at radius 3 is 2.06 bits per heavy atom. The predicted molar refractivity (Wildman–Crippen MR) is 58.9 cm³/mol. The lowest BCUT2D eigenvalue weighted by atomic mass is 10.6. The molecule has 0 spiro atoms. The fourth-order valence-electron chi connectivity index (χ4n) is 0.457. The van der Waals surface area contributed by atoms with Crippen LogP contribution in [-0.2, 0) is 14.4 Å². The maximum atomic E-state index is 10.6. The summed E-state index contributed by atoms with van der Waals surface area (Å²) in [5.74, 6) is -2.33. The Balaban J connectivity index is 0. The molecule has 0 atom stereocenters. The first-order valence-electron chi connectivity index (χ1n) is 4.51. The molecule has 0 fully saturated rings. The lowest BCUT2D eigenvalue weighted by Crippen LogP contribution is -2.31. The van der Waals surface area contributed by atoms with Crippen molar-refractivity contribution in [3.8, 4) is 0 Å². The molecule has 4 N–H and O–H groups in total. The Morgan fingerprint density at radius 2 is 1.78 bits per heavy atom. The van der Waals surface area contributed by atoms with E-state index in [9.17, 15) is 22.8 Å². The van der Waals surface area contributed by atoms with Gasteiger partial charge in [-0.15, -0.1) is 0 Å². The van der Waals surface area contributed by atoms with Crippen LogP contribution in [0.3, 0.4) is 0 Å². The van der Waals surface area contributed by atoms with E-state index in [4.69, 9.17) is 15.6 Å². The van der Waals surface area contributed by atoms with Crippen molar-refractivity contribution in [3.05, 3.63) is 0 Å². The molecule has 0 radical (unpaired) electrons. The van der Waals surface area contributed by atoms with E-state index >= 15 is 0 Å². The molecule has 10 heteroatoms. The first kappa shape index (κ1) is 19.1. The van der Waals surface area contributed by atoms with Crippen LogP contribution in [-0.4, -0.2) is 47.1 Å². The molecule has 0 heterocycles. The van der Waals surface area contributed by atoms with Crippen LogP contribution in [0.25, 0.3) is 0 Å². The van der Waals surface area contributed by atoms with Crippen molar-refractivity contribution in [2.24, 2.45) is 5.73 Å². The maximum Gasteiger partial charge on any atom is 0.490 e. The zero-order valence-electron chi connectivity index (χ0n) is 9.41. The van der Waals surface area contributed by atoms with Gasteiger partial charge in [0.2, 0.25) is 5.91 Å². The molecule has 0 aromatic heterocycles. The zero-order valence-corrected chi connectivity index (χ0v) is 10.2. The molecule has 1 amide bonds. The first-order chi connectivity index (χ1) is 8.11. The molecule has 0 aliphatic carbocycles. The number of rotatable bonds is 4. The van der Waals surface area contributed by atoms with E-state index in [1.54, 1.807) is 0 Å². The van der Waals surface area contributed by atoms with Crippen molar-refractivity contribution in [2.75, 3.05) is 18.8 Å². The Bertz CT molecular complexity index is 297. The number of amides is 1. The number of thioether (sulfide) groups is 1. The minimum absolute atomic E-state index is 0.00470. The average Bonchev–Trinajstić information content (AvgIpc) is 2.23. The number of carboxylic acids is 1. The summed E-state index contributed by atoms with van der Waals surface area (Å²) in [6.07, 6.45) is -5.08. The second kappa shape index (κ2) is 9.71. The lowest BCUT2D eigenvalue weighted by Gasteiger charge is -2.00. The molecule has 0 unspecified atom stereocenters. The first-order valence-corrected chi connectivity index (χ1v) is 5.50. The number of hydrogen-bond acceptors (Lipinski definition) is 5. The largest absolute Gasteiger partial charge is 0.490 e. The summed E-state index contributed by atoms with van der Waals surface area (Å²) in [6.45, 7) is 2.00. The quantitative estimate of drug-likeness (QED) is 0.627. The Kier molecular flexibility index (Phi) is 10.3. The van der Waals surface area contributed by atoms with Crippen molar-refractivity contribution < 1.29 is 32.7 Å². The number of carboxylic acid groups (broad SMARTS) is 1. The zero-order chi connectivity index (χ0) is 14.8. The molecular weight excluding hydrogens is 277 g/mol. The van der Waals surface area contributed by atoms with Crippen LogP contribution in [0.15, 0.2) is 0 Å². The van der Waals surface area contributed by atoms with Crippen LogP contribution < -0.4 is 11.1 Å². The van der Waals surface area contributed by atoms with Gasteiger partial charge in [-0.2, -0.15) is 13.2 Å². The third kappa shape index (κ3) is 14.7. The Morgan fingerprint density at radius 1 is 1.33 bits per heavy atom. The van der Waals surface area contributed by atoms with E-state index < -0.39 is 12.1 Å². The van der Waals surface area contributed by atoms with Crippen LogP contribution in [0.4, 0.5) is 13.2 Å². The molecule has 0 aromatic rings. The monoisotopic (exact) mass is 290 g/mol. The van der Waals surface area contributed by atoms with Crippen LogP contribution in [0.1, 0.15) is 6.92 Å². The van der Waals surface area contributed by atoms with E-state index in [-0.39, 0.29) is 17.6 Å². The highest BCUT2D eigenvalue weighted by Crippen LogP contribution is 2.13. The Labute approximate surface area is 105 Å². The number of aliphatic carboxylic acids is 1. The summed E-state index contributed by atoms with van der Waals surface area (Å²) in [5, 5.41) is 9.74. The summed E-state index contributed by atoms with van der Waals surface area (Å²) in [5.41, 5.74) is 5.03. The molecule has 6 nitrogen and oxygen atoms in total. The topological polar surface area (TPSA) is 109 Å². The van der Waals surface area contributed by atoms with Gasteiger partial charge in [0, 0.05) is 19.2 Å². The van der Waals surface area contributed by atoms with Gasteiger partial charge in [-0.05, 0) is 0 Å². The van der Waals surface area contributed by atoms with E-state index in [1.165, 1.54) is 18.7 Å². The van der Waals surface area contributed by atoms with Gasteiger partial charge in [0.15, 0.2) is 5.12 Å². The number of nitrogens with two attached hydrogens (primary N) is 1. The van der Waals surface area contributed by atoms with Crippen LogP contribution in [0.2, 0.25) is 0 Å². The van der Waals surface area contributed by atoms with E-state index in [2.05, 4.69) is 5.32 Å². The van der Waals surface area contributed by atoms with Crippen molar-refractivity contribution in [1.82, 2.24) is 5.32 Å². The van der Waals surface area contributed by atoms with Crippen molar-refractivity contribution in [3.63, 3.8) is 0 Å². The number of carbonyl (C=O) groups excluding carboxylic acids is 2. The number of carbonyl (C=O) groups is 3. The number of nitrogens with one attached hydrogen (secondary N) is 1. The highest BCUT2D eigenvalue weighted by atomic mass is 32.2. The van der Waals surface area contributed by atoms with Gasteiger partial charge in [-0.1, -0.05) is 11.8 Å². The predicted octanol–water partition coefficient (Wildman–Crippen LogP) is -0.0257. The number of alkyl halides is 3. The average molecular weight is 290 g/mol. The van der Waals surface area contributed by atoms with E-state index in [0.717, 1.165) is 0 Å². The van der Waals surface area contributed by atoms with Crippen LogP contribution >= 0.6 is 11.8 Å². The molecule has 0 aliphatic rings. The minimum Gasteiger partial charge on any atom is -0.475 e. The molecule has 0 bridgehead atoms. The second-order valence-electron chi connectivity index (χ2n) is 2.70. The van der Waals surface area contributed by atoms with Gasteiger partial charge in [-0.25, -0.2) is 4.79 Å². The highest BCUT2D eigenvalue weighted by molar-refractivity contribution is 8.13. The normalized spacial score (nSPS) is 10.1. The molecule has 0 rings (SSSR count). The van der Waals surface area contributed by atoms with Gasteiger partial charge in [0.05, 0.1) is 6.54 Å². The summed E-state index contributed by atoms with van der Waals surface area (Å²) in [4.78, 5) is 29.8. The van der Waals surface area contributed by atoms with Crippen molar-refractivity contribution in [1.29, 1.82) is 0 Å². The fraction of sp³-hybridized carbons (Fsp3) is 0.625. The fourth-order valence-corrected chi connectivity index (χ4v) is 0.949. The number of hydrogen-bond donors (Lipinski definition) is 3. The molecule has 0 saturated heterocycles. The van der Waals surface area contributed by atoms with Crippen LogP contribution in [0, 0.1) is 0 Å². The molecule has 18 heavy (non-hydrogen) atoms. The minimum atomic E-state index is -5.08. The third-order valence-electron chi connectivity index (χ3n) is 1.16. The molecule has 0 aliphatic heterocycles. The van der Waals surface area contributed by atoms with Gasteiger partial charge in [-0.3, -0.25) is 9.59 Å². The summed E-state index contributed by atoms with van der Waals surface area (Å²) < 4.78 is 31.7. The molecular formula is C8H13F3N2O4S. The smallest absolute Gasteiger partial charge is 0.475 e. The third-order valence-corrected chi connectivity index (χ3v) is 1.97. The SMILES string of the molecule is CC(=O)SCCNC(=O)CN.O=C(O)C(F)(F)F. The molecule has 106 valence electrons. The van der Waals surface area contributed by atoms with Crippen LogP contribution in [0.5, 0.6) is 0 Å². The Hall–Kier alpha value is -1.29. The van der Waals surface area contributed by atoms with Gasteiger partial charge >= 0.3 is 12.1 Å². The van der Waals surface area contributed by atoms with Gasteiger partial charge in [0.1, 0.15) is 0 Å². The van der Waals surface area contributed by atoms with E-state index in [0.29, 0.717) is 12.3 Å². The second-order valence-corrected chi connectivity index (χ2v) is 3.97. The highest BCUT2D eigenvalue weighted by Gasteiger charge is 2.38. The maximum absolute atomic E-state index is 10.6.